The predicted octanol–water partition coefficient (Wildman–Crippen LogP) is 2.83. The molecule has 0 radical (unpaired) electrons. The second-order valence-electron chi connectivity index (χ2n) is 4.57. The number of Topliss-reactive ketones (excluding diaryl/α,β-unsaturated/α-hetero) is 1. The molecular formula is C17H16O3. The van der Waals surface area contributed by atoms with E-state index in [1.807, 2.05) is 30.3 Å². The van der Waals surface area contributed by atoms with Crippen molar-refractivity contribution in [1.82, 2.24) is 0 Å². The van der Waals surface area contributed by atoms with Gasteiger partial charge in [-0.05, 0) is 23.3 Å². The van der Waals surface area contributed by atoms with Crippen molar-refractivity contribution >= 4 is 11.8 Å². The molecule has 0 saturated carbocycles. The zero-order chi connectivity index (χ0) is 14.4. The third-order valence-corrected chi connectivity index (χ3v) is 3.02. The van der Waals surface area contributed by atoms with Crippen LogP contribution in [-0.4, -0.2) is 18.9 Å². The Kier molecular flexibility index (Phi) is 4.66. The van der Waals surface area contributed by atoms with Crippen LogP contribution in [0.1, 0.15) is 21.5 Å². The van der Waals surface area contributed by atoms with Crippen molar-refractivity contribution in [1.29, 1.82) is 0 Å². The number of esters is 1. The molecule has 0 heterocycles. The highest BCUT2D eigenvalue weighted by atomic mass is 16.5. The Morgan fingerprint density at radius 2 is 1.40 bits per heavy atom. The van der Waals surface area contributed by atoms with Gasteiger partial charge in [0.2, 0.25) is 0 Å². The molecule has 0 spiro atoms. The summed E-state index contributed by atoms with van der Waals surface area (Å²) in [6.07, 6.45) is 0.802. The van der Waals surface area contributed by atoms with Crippen LogP contribution in [0.5, 0.6) is 0 Å². The SMILES string of the molecule is COC(=O)c1ccc(CC(=O)Cc2ccccc2)cc1. The van der Waals surface area contributed by atoms with Crippen LogP contribution in [0.4, 0.5) is 0 Å². The van der Waals surface area contributed by atoms with E-state index in [1.165, 1.54) is 7.11 Å². The molecule has 2 aromatic carbocycles. The Morgan fingerprint density at radius 3 is 1.95 bits per heavy atom. The van der Waals surface area contributed by atoms with Crippen LogP contribution in [0.2, 0.25) is 0 Å². The van der Waals surface area contributed by atoms with Gasteiger partial charge in [0, 0.05) is 12.8 Å². The second kappa shape index (κ2) is 6.66. The highest BCUT2D eigenvalue weighted by molar-refractivity contribution is 5.89. The number of methoxy groups -OCH3 is 1. The minimum atomic E-state index is -0.368. The van der Waals surface area contributed by atoms with E-state index in [2.05, 4.69) is 4.74 Å². The van der Waals surface area contributed by atoms with Gasteiger partial charge < -0.3 is 4.74 Å². The van der Waals surface area contributed by atoms with Gasteiger partial charge >= 0.3 is 5.97 Å². The number of carbonyl (C=O) groups is 2. The fourth-order valence-electron chi connectivity index (χ4n) is 1.99. The van der Waals surface area contributed by atoms with Crippen molar-refractivity contribution in [3.8, 4) is 0 Å². The first-order valence-corrected chi connectivity index (χ1v) is 6.42. The first kappa shape index (κ1) is 14.0. The van der Waals surface area contributed by atoms with Gasteiger partial charge in [-0.15, -0.1) is 0 Å². The molecule has 0 bridgehead atoms. The largest absolute Gasteiger partial charge is 0.465 e. The number of ether oxygens (including phenoxy) is 1. The van der Waals surface area contributed by atoms with Gasteiger partial charge in [0.1, 0.15) is 5.78 Å². The fourth-order valence-corrected chi connectivity index (χ4v) is 1.99. The number of carbonyl (C=O) groups excluding carboxylic acids is 2. The molecule has 0 aromatic heterocycles. The number of ketones is 1. The van der Waals surface area contributed by atoms with Crippen molar-refractivity contribution in [2.45, 2.75) is 12.8 Å². The normalized spacial score (nSPS) is 10.1. The lowest BCUT2D eigenvalue weighted by atomic mass is 10.0. The summed E-state index contributed by atoms with van der Waals surface area (Å²) in [6.45, 7) is 0. The van der Waals surface area contributed by atoms with Crippen molar-refractivity contribution in [3.63, 3.8) is 0 Å². The first-order valence-electron chi connectivity index (χ1n) is 6.42. The van der Waals surface area contributed by atoms with Crippen LogP contribution in [0, 0.1) is 0 Å². The molecule has 2 aromatic rings. The first-order chi connectivity index (χ1) is 9.69. The zero-order valence-corrected chi connectivity index (χ0v) is 11.3. The van der Waals surface area contributed by atoms with Crippen LogP contribution >= 0.6 is 0 Å². The van der Waals surface area contributed by atoms with Crippen LogP contribution in [-0.2, 0) is 22.4 Å². The molecular weight excluding hydrogens is 252 g/mol. The molecule has 0 fully saturated rings. The highest BCUT2D eigenvalue weighted by Crippen LogP contribution is 2.09. The standard InChI is InChI=1S/C17H16O3/c1-20-17(19)15-9-7-14(8-10-15)12-16(18)11-13-5-3-2-4-6-13/h2-10H,11-12H2,1H3. The number of hydrogen-bond donors (Lipinski definition) is 0. The highest BCUT2D eigenvalue weighted by Gasteiger charge is 2.07. The summed E-state index contributed by atoms with van der Waals surface area (Å²) in [4.78, 5) is 23.3. The average molecular weight is 268 g/mol. The quantitative estimate of drug-likeness (QED) is 0.783. The van der Waals surface area contributed by atoms with Crippen LogP contribution in [0.3, 0.4) is 0 Å². The monoisotopic (exact) mass is 268 g/mol. The van der Waals surface area contributed by atoms with Gasteiger partial charge in [-0.3, -0.25) is 4.79 Å². The van der Waals surface area contributed by atoms with E-state index in [-0.39, 0.29) is 11.8 Å². The average Bonchev–Trinajstić information content (AvgIpc) is 2.48. The van der Waals surface area contributed by atoms with E-state index in [9.17, 15) is 9.59 Å². The molecule has 102 valence electrons. The molecule has 20 heavy (non-hydrogen) atoms. The molecule has 0 N–H and O–H groups in total. The summed E-state index contributed by atoms with van der Waals surface area (Å²) in [5, 5.41) is 0. The van der Waals surface area contributed by atoms with E-state index in [0.717, 1.165) is 11.1 Å². The molecule has 0 atom stereocenters. The maximum absolute atomic E-state index is 12.0. The minimum Gasteiger partial charge on any atom is -0.465 e. The second-order valence-corrected chi connectivity index (χ2v) is 4.57. The Labute approximate surface area is 118 Å². The van der Waals surface area contributed by atoms with Gasteiger partial charge in [-0.2, -0.15) is 0 Å². The van der Waals surface area contributed by atoms with Gasteiger partial charge in [0.15, 0.2) is 0 Å². The lowest BCUT2D eigenvalue weighted by molar-refractivity contribution is -0.117. The molecule has 0 saturated heterocycles. The lowest BCUT2D eigenvalue weighted by Crippen LogP contribution is -2.07. The Bertz CT molecular complexity index is 585. The van der Waals surface area contributed by atoms with E-state index in [4.69, 9.17) is 0 Å². The zero-order valence-electron chi connectivity index (χ0n) is 11.3. The summed E-state index contributed by atoms with van der Waals surface area (Å²) < 4.78 is 4.63. The molecule has 0 amide bonds. The van der Waals surface area contributed by atoms with Crippen molar-refractivity contribution in [2.75, 3.05) is 7.11 Å². The molecule has 3 heteroatoms. The van der Waals surface area contributed by atoms with Gasteiger partial charge in [0.25, 0.3) is 0 Å². The van der Waals surface area contributed by atoms with Crippen LogP contribution in [0.15, 0.2) is 54.6 Å². The number of hydrogen-bond acceptors (Lipinski definition) is 3. The Morgan fingerprint density at radius 1 is 0.850 bits per heavy atom. The number of benzene rings is 2. The van der Waals surface area contributed by atoms with Gasteiger partial charge in [-0.25, -0.2) is 4.79 Å². The summed E-state index contributed by atoms with van der Waals surface area (Å²) in [5.41, 5.74) is 2.41. The number of rotatable bonds is 5. The molecule has 0 aliphatic heterocycles. The molecule has 2 rings (SSSR count). The Balaban J connectivity index is 1.96. The van der Waals surface area contributed by atoms with Crippen LogP contribution < -0.4 is 0 Å². The summed E-state index contributed by atoms with van der Waals surface area (Å²) in [7, 11) is 1.35. The molecule has 0 unspecified atom stereocenters. The lowest BCUT2D eigenvalue weighted by Gasteiger charge is -2.03. The van der Waals surface area contributed by atoms with Crippen molar-refractivity contribution in [2.24, 2.45) is 0 Å². The molecule has 0 aliphatic rings. The summed E-state index contributed by atoms with van der Waals surface area (Å²) >= 11 is 0. The molecule has 3 nitrogen and oxygen atoms in total. The van der Waals surface area contributed by atoms with Gasteiger partial charge in [0.05, 0.1) is 12.7 Å². The topological polar surface area (TPSA) is 43.4 Å². The Hall–Kier alpha value is -2.42. The smallest absolute Gasteiger partial charge is 0.337 e. The third kappa shape index (κ3) is 3.79. The summed E-state index contributed by atoms with van der Waals surface area (Å²) in [5.74, 6) is -0.214. The molecule has 0 aliphatic carbocycles. The maximum Gasteiger partial charge on any atom is 0.337 e. The van der Waals surface area contributed by atoms with E-state index in [0.29, 0.717) is 18.4 Å². The summed E-state index contributed by atoms with van der Waals surface area (Å²) in [6, 6.07) is 16.6. The van der Waals surface area contributed by atoms with E-state index >= 15 is 0 Å². The van der Waals surface area contributed by atoms with Crippen molar-refractivity contribution in [3.05, 3.63) is 71.3 Å². The van der Waals surface area contributed by atoms with E-state index < -0.39 is 0 Å². The predicted molar refractivity (Wildman–Crippen MR) is 76.6 cm³/mol. The minimum absolute atomic E-state index is 0.155. The van der Waals surface area contributed by atoms with Crippen molar-refractivity contribution < 1.29 is 14.3 Å². The maximum atomic E-state index is 12.0. The van der Waals surface area contributed by atoms with Crippen LogP contribution in [0.25, 0.3) is 0 Å². The third-order valence-electron chi connectivity index (χ3n) is 3.02. The van der Waals surface area contributed by atoms with Gasteiger partial charge in [-0.1, -0.05) is 42.5 Å². The fraction of sp³-hybridized carbons (Fsp3) is 0.176. The van der Waals surface area contributed by atoms with E-state index in [1.54, 1.807) is 24.3 Å².